The van der Waals surface area contributed by atoms with E-state index >= 15 is 0 Å². The van der Waals surface area contributed by atoms with E-state index in [9.17, 15) is 9.59 Å². The molecule has 4 heterocycles. The average molecular weight is 748 g/mol. The first-order valence-electron chi connectivity index (χ1n) is 18.3. The Labute approximate surface area is 315 Å². The SMILES string of the molecule is CCCC1=C(CCC)c2nc1nc1[n-]c(nc(C(=O)N(C)C)nc(C(=O)N(C)C)nc3[n-]c(n2)c(CCC)c3CCC)c(CCC)c1CCC.[Zn+2]. The Morgan fingerprint density at radius 2 is 0.745 bits per heavy atom. The molecule has 0 aliphatic carbocycles. The third-order valence-electron chi connectivity index (χ3n) is 8.60. The second-order valence-corrected chi connectivity index (χ2v) is 13.3. The van der Waals surface area contributed by atoms with Crippen molar-refractivity contribution in [3.63, 3.8) is 0 Å². The van der Waals surface area contributed by atoms with Gasteiger partial charge in [-0.2, -0.15) is 0 Å². The fraction of sp³-hybridized carbons (Fsp3) is 0.579. The van der Waals surface area contributed by atoms with Gasteiger partial charge in [0.05, 0.1) is 11.6 Å². The quantitative estimate of drug-likeness (QED) is 0.166. The van der Waals surface area contributed by atoms with Crippen LogP contribution in [0.5, 0.6) is 0 Å². The third kappa shape index (κ3) is 9.34. The van der Waals surface area contributed by atoms with Crippen molar-refractivity contribution in [3.8, 4) is 0 Å². The maximum absolute atomic E-state index is 13.7. The third-order valence-corrected chi connectivity index (χ3v) is 8.60. The van der Waals surface area contributed by atoms with E-state index < -0.39 is 11.8 Å². The van der Waals surface area contributed by atoms with Crippen LogP contribution in [0.4, 0.5) is 0 Å². The number of amides is 2. The maximum Gasteiger partial charge on any atom is 2.00 e. The van der Waals surface area contributed by atoms with Crippen LogP contribution >= 0.6 is 0 Å². The van der Waals surface area contributed by atoms with Crippen molar-refractivity contribution in [3.05, 3.63) is 45.6 Å². The normalized spacial score (nSPS) is 11.8. The summed E-state index contributed by atoms with van der Waals surface area (Å²) in [5.41, 5.74) is 7.84. The van der Waals surface area contributed by atoms with Gasteiger partial charge in [-0.1, -0.05) is 80.1 Å². The van der Waals surface area contributed by atoms with Crippen LogP contribution in [-0.4, -0.2) is 79.7 Å². The molecule has 13 heteroatoms. The van der Waals surface area contributed by atoms with E-state index in [4.69, 9.17) is 34.9 Å². The molecule has 270 valence electrons. The van der Waals surface area contributed by atoms with E-state index in [2.05, 4.69) is 46.5 Å². The number of carbonyl (C=O) groups is 2. The van der Waals surface area contributed by atoms with Gasteiger partial charge in [0, 0.05) is 50.8 Å². The summed E-state index contributed by atoms with van der Waals surface area (Å²) in [6.07, 6.45) is 9.74. The van der Waals surface area contributed by atoms with Gasteiger partial charge in [-0.05, 0) is 71.9 Å². The molecule has 0 spiro atoms. The number of carbonyl (C=O) groups excluding carboxylic acids is 2. The van der Waals surface area contributed by atoms with Crippen LogP contribution < -0.4 is 9.97 Å². The summed E-state index contributed by atoms with van der Waals surface area (Å²) in [5, 5.41) is 0. The molecule has 4 rings (SSSR count). The molecule has 1 aliphatic rings. The van der Waals surface area contributed by atoms with Gasteiger partial charge in [0.2, 0.25) is 0 Å². The summed E-state index contributed by atoms with van der Waals surface area (Å²) in [6, 6.07) is 0. The number of fused-ring (bicyclic) bond motifs is 6. The summed E-state index contributed by atoms with van der Waals surface area (Å²) < 4.78 is 0. The fourth-order valence-electron chi connectivity index (χ4n) is 6.29. The first-order chi connectivity index (χ1) is 24.0. The molecule has 0 radical (unpaired) electrons. The van der Waals surface area contributed by atoms with Crippen molar-refractivity contribution < 1.29 is 29.1 Å². The van der Waals surface area contributed by atoms with Crippen molar-refractivity contribution in [2.45, 2.75) is 119 Å². The Hall–Kier alpha value is -3.86. The zero-order valence-corrected chi connectivity index (χ0v) is 35.4. The van der Waals surface area contributed by atoms with Crippen LogP contribution in [-0.2, 0) is 45.2 Å². The molecule has 2 amide bonds. The molecule has 51 heavy (non-hydrogen) atoms. The number of allylic oxidation sites excluding steroid dienone is 2. The predicted molar refractivity (Wildman–Crippen MR) is 199 cm³/mol. The first kappa shape index (κ1) is 41.6. The number of nitrogens with zero attached hydrogens (tertiary/aromatic N) is 10. The zero-order valence-electron chi connectivity index (χ0n) is 32.5. The van der Waals surface area contributed by atoms with Gasteiger partial charge in [-0.3, -0.25) is 9.59 Å². The largest absolute Gasteiger partial charge is 2.00 e. The molecule has 1 aliphatic heterocycles. The summed E-state index contributed by atoms with van der Waals surface area (Å²) in [6.45, 7) is 12.8. The average Bonchev–Trinajstić information content (AvgIpc) is 3.68. The first-order valence-corrected chi connectivity index (χ1v) is 18.3. The second-order valence-electron chi connectivity index (χ2n) is 13.3. The summed E-state index contributed by atoms with van der Waals surface area (Å²) in [4.78, 5) is 69.9. The minimum absolute atomic E-state index is 0. The molecule has 0 N–H and O–H groups in total. The minimum Gasteiger partial charge on any atom is -0.358 e. The Kier molecular flexibility index (Phi) is 15.6. The minimum atomic E-state index is -0.477. The number of aromatic nitrogens is 8. The van der Waals surface area contributed by atoms with Crippen LogP contribution in [0.1, 0.15) is 148 Å². The van der Waals surface area contributed by atoms with Crippen LogP contribution in [0, 0.1) is 0 Å². The predicted octanol–water partition coefficient (Wildman–Crippen LogP) is 6.56. The van der Waals surface area contributed by atoms with Gasteiger partial charge in [-0.25, -0.2) is 9.97 Å². The van der Waals surface area contributed by atoms with E-state index in [1.165, 1.54) is 9.80 Å². The van der Waals surface area contributed by atoms with Crippen molar-refractivity contribution in [2.24, 2.45) is 0 Å². The van der Waals surface area contributed by atoms with Crippen LogP contribution in [0.15, 0.2) is 0 Å². The molecule has 0 fully saturated rings. The number of hydrogen-bond donors (Lipinski definition) is 0. The summed E-state index contributed by atoms with van der Waals surface area (Å²) >= 11 is 0. The monoisotopic (exact) mass is 746 g/mol. The topological polar surface area (TPSA) is 146 Å². The second kappa shape index (κ2) is 19.1. The van der Waals surface area contributed by atoms with Gasteiger partial charge < -0.3 is 39.7 Å². The van der Waals surface area contributed by atoms with Crippen molar-refractivity contribution >= 4 is 45.5 Å². The Balaban J connectivity index is 0.00000702. The molecule has 0 atom stereocenters. The molecular formula is C38H54N10O2Zn. The number of rotatable bonds is 14. The summed E-state index contributed by atoms with van der Waals surface area (Å²) in [5.74, 6) is -0.0806. The molecule has 3 aromatic heterocycles. The molecule has 3 aromatic rings. The number of aryl methyl sites for hydroxylation is 4. The van der Waals surface area contributed by atoms with Gasteiger partial charge >= 0.3 is 19.5 Å². The molecule has 0 unspecified atom stereocenters. The van der Waals surface area contributed by atoms with Crippen LogP contribution in [0.3, 0.4) is 0 Å². The molecule has 0 aromatic carbocycles. The van der Waals surface area contributed by atoms with Crippen LogP contribution in [0.25, 0.3) is 33.7 Å². The van der Waals surface area contributed by atoms with Gasteiger partial charge in [0.1, 0.15) is 0 Å². The summed E-state index contributed by atoms with van der Waals surface area (Å²) in [7, 11) is 6.51. The molecule has 0 saturated heterocycles. The molecule has 0 saturated carbocycles. The molecule has 6 bridgehead atoms. The smallest absolute Gasteiger partial charge is 0.358 e. The number of hydrogen-bond acceptors (Lipinski definition) is 8. The van der Waals surface area contributed by atoms with E-state index in [0.29, 0.717) is 47.1 Å². The van der Waals surface area contributed by atoms with Gasteiger partial charge in [0.15, 0.2) is 11.6 Å². The van der Waals surface area contributed by atoms with E-state index in [1.807, 2.05) is 0 Å². The van der Waals surface area contributed by atoms with Crippen molar-refractivity contribution in [1.29, 1.82) is 0 Å². The standard InChI is InChI=1S/C38H55N10O2.Zn/c1-11-17-23-24(18-12-2)30-39-29(23)40-31-25(19-13-3)27(21-15-5)33(42-31)44-35(37(49)47(7)8)46-36(38(50)48(9)10)45-34-28(22-16-6)26(20-14-4)32(41-30)43-34;/h11-22H2,1-10H3,(H-,39,40,41,42,43,44,45,46,49,50);/q-1;+2/p-1. The Morgan fingerprint density at radius 3 is 1.02 bits per heavy atom. The van der Waals surface area contributed by atoms with E-state index in [1.54, 1.807) is 28.2 Å². The maximum atomic E-state index is 13.7. The Bertz CT molecular complexity index is 1760. The van der Waals surface area contributed by atoms with Crippen molar-refractivity contribution in [1.82, 2.24) is 49.7 Å². The molecular weight excluding hydrogens is 694 g/mol. The van der Waals surface area contributed by atoms with Gasteiger partial charge in [0.25, 0.3) is 11.8 Å². The molecule has 12 nitrogen and oxygen atoms in total. The fourth-order valence-corrected chi connectivity index (χ4v) is 6.29. The Morgan fingerprint density at radius 1 is 0.451 bits per heavy atom. The van der Waals surface area contributed by atoms with Crippen LogP contribution in [0.2, 0.25) is 0 Å². The van der Waals surface area contributed by atoms with Gasteiger partial charge in [-0.15, -0.1) is 0 Å². The van der Waals surface area contributed by atoms with Crippen molar-refractivity contribution in [2.75, 3.05) is 28.2 Å². The van der Waals surface area contributed by atoms with E-state index in [-0.39, 0.29) is 31.1 Å². The zero-order chi connectivity index (χ0) is 36.5. The van der Waals surface area contributed by atoms with E-state index in [0.717, 1.165) is 97.6 Å².